The van der Waals surface area contributed by atoms with Crippen LogP contribution >= 0.6 is 0 Å². The van der Waals surface area contributed by atoms with Gasteiger partial charge in [0.2, 0.25) is 0 Å². The Morgan fingerprint density at radius 2 is 1.74 bits per heavy atom. The van der Waals surface area contributed by atoms with E-state index in [0.717, 1.165) is 13.0 Å². The molecule has 2 atom stereocenters. The molecule has 1 N–H and O–H groups in total. The lowest BCUT2D eigenvalue weighted by molar-refractivity contribution is 0.239. The molecule has 0 radical (unpaired) electrons. The lowest BCUT2D eigenvalue weighted by atomic mass is 9.99. The molecule has 0 amide bonds. The summed E-state index contributed by atoms with van der Waals surface area (Å²) in [6.07, 6.45) is 2.37. The summed E-state index contributed by atoms with van der Waals surface area (Å²) >= 11 is 0. The molecule has 2 unspecified atom stereocenters. The first-order valence-corrected chi connectivity index (χ1v) is 7.43. The van der Waals surface area contributed by atoms with Crippen LogP contribution in [-0.2, 0) is 0 Å². The van der Waals surface area contributed by atoms with Gasteiger partial charge in [0.05, 0.1) is 0 Å². The van der Waals surface area contributed by atoms with Crippen LogP contribution in [0, 0.1) is 13.8 Å². The normalized spacial score (nSPS) is 14.7. The van der Waals surface area contributed by atoms with Gasteiger partial charge in [0.1, 0.15) is 0 Å². The summed E-state index contributed by atoms with van der Waals surface area (Å²) in [5.41, 5.74) is 4.12. The number of benzene rings is 1. The average molecular weight is 262 g/mol. The molecule has 2 nitrogen and oxygen atoms in total. The second kappa shape index (κ2) is 7.66. The summed E-state index contributed by atoms with van der Waals surface area (Å²) in [4.78, 5) is 2.45. The maximum absolute atomic E-state index is 3.46. The number of rotatable bonds is 7. The van der Waals surface area contributed by atoms with Gasteiger partial charge >= 0.3 is 0 Å². The second-order valence-electron chi connectivity index (χ2n) is 5.79. The van der Waals surface area contributed by atoms with E-state index in [4.69, 9.17) is 0 Å². The molecule has 0 fully saturated rings. The summed E-state index contributed by atoms with van der Waals surface area (Å²) in [7, 11) is 4.29. The van der Waals surface area contributed by atoms with E-state index in [1.807, 2.05) is 0 Å². The quantitative estimate of drug-likeness (QED) is 0.806. The standard InChI is InChI=1S/C17H30N2/c1-7-15(4)19(6)9-8-17(18-5)16-11-13(2)10-14(3)12-16/h10-12,15,17-18H,7-9H2,1-6H3. The van der Waals surface area contributed by atoms with E-state index < -0.39 is 0 Å². The van der Waals surface area contributed by atoms with Gasteiger partial charge in [0.15, 0.2) is 0 Å². The minimum absolute atomic E-state index is 0.449. The molecule has 0 saturated heterocycles. The Morgan fingerprint density at radius 3 is 2.21 bits per heavy atom. The molecule has 0 bridgehead atoms. The van der Waals surface area contributed by atoms with Crippen LogP contribution in [0.4, 0.5) is 0 Å². The zero-order valence-corrected chi connectivity index (χ0v) is 13.5. The zero-order valence-electron chi connectivity index (χ0n) is 13.5. The molecular formula is C17H30N2. The van der Waals surface area contributed by atoms with E-state index in [2.05, 4.69) is 70.2 Å². The Kier molecular flexibility index (Phi) is 6.53. The Bertz CT molecular complexity index is 367. The van der Waals surface area contributed by atoms with Crippen LogP contribution in [0.1, 0.15) is 49.4 Å². The van der Waals surface area contributed by atoms with Crippen molar-refractivity contribution in [2.75, 3.05) is 20.6 Å². The SMILES string of the molecule is CCC(C)N(C)CCC(NC)c1cc(C)cc(C)c1. The van der Waals surface area contributed by atoms with Crippen molar-refractivity contribution in [1.82, 2.24) is 10.2 Å². The maximum atomic E-state index is 3.46. The highest BCUT2D eigenvalue weighted by molar-refractivity contribution is 5.30. The number of hydrogen-bond donors (Lipinski definition) is 1. The Balaban J connectivity index is 2.67. The van der Waals surface area contributed by atoms with Crippen LogP contribution in [0.3, 0.4) is 0 Å². The molecule has 1 rings (SSSR count). The lowest BCUT2D eigenvalue weighted by Gasteiger charge is -2.26. The van der Waals surface area contributed by atoms with Gasteiger partial charge < -0.3 is 10.2 Å². The van der Waals surface area contributed by atoms with Crippen LogP contribution in [0.15, 0.2) is 18.2 Å². The van der Waals surface area contributed by atoms with Crippen LogP contribution in [0.5, 0.6) is 0 Å². The average Bonchev–Trinajstić information content (AvgIpc) is 2.37. The Hall–Kier alpha value is -0.860. The van der Waals surface area contributed by atoms with Crippen LogP contribution < -0.4 is 5.32 Å². The first-order chi connectivity index (χ1) is 8.97. The highest BCUT2D eigenvalue weighted by Gasteiger charge is 2.13. The molecule has 1 aromatic rings. The maximum Gasteiger partial charge on any atom is 0.0329 e. The van der Waals surface area contributed by atoms with Crippen LogP contribution in [0.2, 0.25) is 0 Å². The molecule has 2 heteroatoms. The van der Waals surface area contributed by atoms with Gasteiger partial charge in [-0.3, -0.25) is 0 Å². The molecule has 0 aromatic heterocycles. The smallest absolute Gasteiger partial charge is 0.0329 e. The lowest BCUT2D eigenvalue weighted by Crippen LogP contribution is -2.31. The monoisotopic (exact) mass is 262 g/mol. The van der Waals surface area contributed by atoms with Gasteiger partial charge in [0.25, 0.3) is 0 Å². The number of nitrogens with one attached hydrogen (secondary N) is 1. The molecule has 0 aliphatic rings. The van der Waals surface area contributed by atoms with Crippen molar-refractivity contribution in [3.8, 4) is 0 Å². The first kappa shape index (κ1) is 16.2. The molecule has 0 heterocycles. The van der Waals surface area contributed by atoms with Crippen LogP contribution in [-0.4, -0.2) is 31.6 Å². The Morgan fingerprint density at radius 1 is 1.16 bits per heavy atom. The zero-order chi connectivity index (χ0) is 14.4. The van der Waals surface area contributed by atoms with E-state index >= 15 is 0 Å². The fourth-order valence-electron chi connectivity index (χ4n) is 2.55. The minimum Gasteiger partial charge on any atom is -0.313 e. The van der Waals surface area contributed by atoms with Gasteiger partial charge in [-0.2, -0.15) is 0 Å². The second-order valence-corrected chi connectivity index (χ2v) is 5.79. The summed E-state index contributed by atoms with van der Waals surface area (Å²) < 4.78 is 0. The van der Waals surface area contributed by atoms with Crippen molar-refractivity contribution in [3.63, 3.8) is 0 Å². The third-order valence-electron chi connectivity index (χ3n) is 4.11. The number of nitrogens with zero attached hydrogens (tertiary/aromatic N) is 1. The number of hydrogen-bond acceptors (Lipinski definition) is 2. The molecule has 0 spiro atoms. The summed E-state index contributed by atoms with van der Waals surface area (Å²) in [5.74, 6) is 0. The molecule has 0 aliphatic heterocycles. The third kappa shape index (κ3) is 4.96. The van der Waals surface area contributed by atoms with Crippen molar-refractivity contribution in [2.24, 2.45) is 0 Å². The molecule has 108 valence electrons. The summed E-state index contributed by atoms with van der Waals surface area (Å²) in [6.45, 7) is 10.0. The van der Waals surface area contributed by atoms with Gasteiger partial charge in [-0.05, 0) is 59.8 Å². The topological polar surface area (TPSA) is 15.3 Å². The highest BCUT2D eigenvalue weighted by Crippen LogP contribution is 2.20. The summed E-state index contributed by atoms with van der Waals surface area (Å²) in [6, 6.07) is 7.96. The van der Waals surface area contributed by atoms with E-state index in [1.165, 1.54) is 23.1 Å². The van der Waals surface area contributed by atoms with Crippen molar-refractivity contribution in [2.45, 2.75) is 52.6 Å². The van der Waals surface area contributed by atoms with Crippen molar-refractivity contribution in [1.29, 1.82) is 0 Å². The van der Waals surface area contributed by atoms with Crippen LogP contribution in [0.25, 0.3) is 0 Å². The Labute approximate surface area is 119 Å². The molecule has 1 aromatic carbocycles. The number of aryl methyl sites for hydroxylation is 2. The molecular weight excluding hydrogens is 232 g/mol. The minimum atomic E-state index is 0.449. The van der Waals surface area contributed by atoms with Crippen molar-refractivity contribution >= 4 is 0 Å². The third-order valence-corrected chi connectivity index (χ3v) is 4.11. The van der Waals surface area contributed by atoms with Crippen molar-refractivity contribution < 1.29 is 0 Å². The first-order valence-electron chi connectivity index (χ1n) is 7.43. The van der Waals surface area contributed by atoms with E-state index in [-0.39, 0.29) is 0 Å². The van der Waals surface area contributed by atoms with Gasteiger partial charge in [-0.15, -0.1) is 0 Å². The molecule has 19 heavy (non-hydrogen) atoms. The van der Waals surface area contributed by atoms with Gasteiger partial charge in [-0.1, -0.05) is 36.2 Å². The largest absolute Gasteiger partial charge is 0.313 e. The predicted octanol–water partition coefficient (Wildman–Crippen LogP) is 3.68. The highest BCUT2D eigenvalue weighted by atomic mass is 15.1. The predicted molar refractivity (Wildman–Crippen MR) is 84.7 cm³/mol. The van der Waals surface area contributed by atoms with Gasteiger partial charge in [0, 0.05) is 12.1 Å². The summed E-state index contributed by atoms with van der Waals surface area (Å²) in [5, 5.41) is 3.46. The fraction of sp³-hybridized carbons (Fsp3) is 0.647. The van der Waals surface area contributed by atoms with E-state index in [0.29, 0.717) is 12.1 Å². The molecule has 0 aliphatic carbocycles. The van der Waals surface area contributed by atoms with Crippen molar-refractivity contribution in [3.05, 3.63) is 34.9 Å². The van der Waals surface area contributed by atoms with E-state index in [1.54, 1.807) is 0 Å². The fourth-order valence-corrected chi connectivity index (χ4v) is 2.55. The van der Waals surface area contributed by atoms with E-state index in [9.17, 15) is 0 Å². The molecule has 0 saturated carbocycles. The van der Waals surface area contributed by atoms with Gasteiger partial charge in [-0.25, -0.2) is 0 Å².